The van der Waals surface area contributed by atoms with Crippen molar-refractivity contribution in [2.45, 2.75) is 0 Å². The number of halogens is 2. The number of nitrogens with zero attached hydrogens (tertiary/aromatic N) is 2. The van der Waals surface area contributed by atoms with Gasteiger partial charge in [0.15, 0.2) is 17.8 Å². The van der Waals surface area contributed by atoms with Crippen molar-refractivity contribution in [1.29, 1.82) is 0 Å². The van der Waals surface area contributed by atoms with E-state index in [2.05, 4.69) is 14.7 Å². The van der Waals surface area contributed by atoms with Crippen LogP contribution in [0.2, 0.25) is 5.15 Å². The van der Waals surface area contributed by atoms with Crippen molar-refractivity contribution in [3.63, 3.8) is 0 Å². The van der Waals surface area contributed by atoms with Gasteiger partial charge >= 0.3 is 6.01 Å². The number of rotatable bonds is 3. The zero-order valence-electron chi connectivity index (χ0n) is 6.25. The second kappa shape index (κ2) is 4.18. The molecule has 0 saturated heterocycles. The number of hydrogen-bond acceptors (Lipinski definition) is 4. The van der Waals surface area contributed by atoms with E-state index in [1.54, 1.807) is 0 Å². The molecule has 0 N–H and O–H groups in total. The first-order valence-electron chi connectivity index (χ1n) is 3.04. The summed E-state index contributed by atoms with van der Waals surface area (Å²) in [7, 11) is 1.45. The number of hydrogen-bond donors (Lipinski definition) is 0. The molecule has 0 saturated carbocycles. The molecular weight excluding hydrogens is 187 g/mol. The number of methoxy groups -OCH3 is 1. The molecule has 1 heterocycles. The fraction of sp³-hybridized carbons (Fsp3) is 0.333. The van der Waals surface area contributed by atoms with E-state index in [0.717, 1.165) is 6.20 Å². The monoisotopic (exact) mass is 192 g/mol. The van der Waals surface area contributed by atoms with Crippen LogP contribution in [0.3, 0.4) is 0 Å². The van der Waals surface area contributed by atoms with E-state index >= 15 is 0 Å². The van der Waals surface area contributed by atoms with E-state index in [4.69, 9.17) is 16.3 Å². The van der Waals surface area contributed by atoms with Crippen LogP contribution in [0.15, 0.2) is 6.20 Å². The molecule has 0 atom stereocenters. The molecular formula is C6H6ClFN2O2. The summed E-state index contributed by atoms with van der Waals surface area (Å²) >= 11 is 5.35. The van der Waals surface area contributed by atoms with E-state index in [9.17, 15) is 4.39 Å². The molecule has 0 spiro atoms. The van der Waals surface area contributed by atoms with Gasteiger partial charge in [0.2, 0.25) is 0 Å². The van der Waals surface area contributed by atoms with Crippen molar-refractivity contribution in [1.82, 2.24) is 9.97 Å². The first kappa shape index (κ1) is 9.15. The largest absolute Gasteiger partial charge is 0.436 e. The van der Waals surface area contributed by atoms with E-state index < -0.39 is 5.82 Å². The average molecular weight is 193 g/mol. The van der Waals surface area contributed by atoms with Crippen LogP contribution in [0.25, 0.3) is 0 Å². The highest BCUT2D eigenvalue weighted by atomic mass is 35.5. The Morgan fingerprint density at radius 3 is 3.00 bits per heavy atom. The van der Waals surface area contributed by atoms with Gasteiger partial charge in [-0.05, 0) is 0 Å². The third-order valence-electron chi connectivity index (χ3n) is 0.985. The molecule has 1 rings (SSSR count). The number of aromatic nitrogens is 2. The zero-order chi connectivity index (χ0) is 8.97. The van der Waals surface area contributed by atoms with Crippen LogP contribution in [-0.4, -0.2) is 23.9 Å². The maximum absolute atomic E-state index is 12.5. The van der Waals surface area contributed by atoms with Crippen molar-refractivity contribution in [2.24, 2.45) is 0 Å². The zero-order valence-corrected chi connectivity index (χ0v) is 7.01. The molecule has 1 aromatic heterocycles. The third-order valence-corrected chi connectivity index (χ3v) is 1.25. The SMILES string of the molecule is COCOc1ncc(F)c(Cl)n1. The Bertz CT molecular complexity index is 272. The van der Waals surface area contributed by atoms with Gasteiger partial charge in [-0.25, -0.2) is 9.37 Å². The molecule has 66 valence electrons. The van der Waals surface area contributed by atoms with Gasteiger partial charge in [-0.2, -0.15) is 4.98 Å². The lowest BCUT2D eigenvalue weighted by molar-refractivity contribution is 0.0441. The Kier molecular flexibility index (Phi) is 3.19. The molecule has 6 heteroatoms. The van der Waals surface area contributed by atoms with Crippen LogP contribution in [0, 0.1) is 5.82 Å². The molecule has 0 amide bonds. The minimum Gasteiger partial charge on any atom is -0.436 e. The van der Waals surface area contributed by atoms with Gasteiger partial charge in [0.1, 0.15) is 0 Å². The normalized spacial score (nSPS) is 9.92. The summed E-state index contributed by atoms with van der Waals surface area (Å²) in [4.78, 5) is 6.99. The van der Waals surface area contributed by atoms with E-state index in [1.165, 1.54) is 7.11 Å². The van der Waals surface area contributed by atoms with E-state index in [1.807, 2.05) is 0 Å². The van der Waals surface area contributed by atoms with Crippen molar-refractivity contribution < 1.29 is 13.9 Å². The molecule has 0 aliphatic carbocycles. The van der Waals surface area contributed by atoms with Crippen molar-refractivity contribution in [3.8, 4) is 6.01 Å². The summed E-state index contributed by atoms with van der Waals surface area (Å²) in [5.74, 6) is -0.679. The van der Waals surface area contributed by atoms with Gasteiger partial charge in [0, 0.05) is 7.11 Å². The Hall–Kier alpha value is -0.940. The highest BCUT2D eigenvalue weighted by Gasteiger charge is 2.03. The van der Waals surface area contributed by atoms with Crippen molar-refractivity contribution in [3.05, 3.63) is 17.2 Å². The minimum absolute atomic E-state index is 0.00195. The lowest BCUT2D eigenvalue weighted by Crippen LogP contribution is -2.03. The smallest absolute Gasteiger partial charge is 0.320 e. The Labute approximate surface area is 73.3 Å². The maximum Gasteiger partial charge on any atom is 0.320 e. The third kappa shape index (κ3) is 2.28. The molecule has 12 heavy (non-hydrogen) atoms. The van der Waals surface area contributed by atoms with Crippen molar-refractivity contribution in [2.75, 3.05) is 13.9 Å². The summed E-state index contributed by atoms with van der Waals surface area (Å²) in [6.45, 7) is 0.00195. The van der Waals surface area contributed by atoms with E-state index in [-0.39, 0.29) is 18.0 Å². The predicted molar refractivity (Wildman–Crippen MR) is 39.5 cm³/mol. The maximum atomic E-state index is 12.5. The summed E-state index contributed by atoms with van der Waals surface area (Å²) < 4.78 is 21.8. The molecule has 4 nitrogen and oxygen atoms in total. The minimum atomic E-state index is -0.679. The molecule has 0 aliphatic rings. The Morgan fingerprint density at radius 1 is 1.67 bits per heavy atom. The Morgan fingerprint density at radius 2 is 2.42 bits per heavy atom. The fourth-order valence-electron chi connectivity index (χ4n) is 0.513. The standard InChI is InChI=1S/C6H6ClFN2O2/c1-11-3-12-6-9-2-4(8)5(7)10-6/h2H,3H2,1H3. The fourth-order valence-corrected chi connectivity index (χ4v) is 0.634. The topological polar surface area (TPSA) is 44.2 Å². The molecule has 0 unspecified atom stereocenters. The van der Waals surface area contributed by atoms with Crippen LogP contribution in [0.1, 0.15) is 0 Å². The molecule has 0 radical (unpaired) electrons. The summed E-state index contributed by atoms with van der Waals surface area (Å²) in [5.41, 5.74) is 0. The highest BCUT2D eigenvalue weighted by molar-refractivity contribution is 6.29. The van der Waals surface area contributed by atoms with Gasteiger partial charge in [-0.1, -0.05) is 11.6 Å². The first-order valence-corrected chi connectivity index (χ1v) is 3.41. The summed E-state index contributed by atoms with van der Waals surface area (Å²) in [6.07, 6.45) is 0.931. The number of ether oxygens (including phenoxy) is 2. The van der Waals surface area contributed by atoms with Gasteiger partial charge in [0.25, 0.3) is 0 Å². The van der Waals surface area contributed by atoms with Gasteiger partial charge < -0.3 is 9.47 Å². The predicted octanol–water partition coefficient (Wildman–Crippen LogP) is 1.25. The van der Waals surface area contributed by atoms with Gasteiger partial charge in [0.05, 0.1) is 6.20 Å². The van der Waals surface area contributed by atoms with Crippen LogP contribution < -0.4 is 4.74 Å². The second-order valence-electron chi connectivity index (χ2n) is 1.84. The molecule has 0 bridgehead atoms. The van der Waals surface area contributed by atoms with Crippen molar-refractivity contribution >= 4 is 11.6 Å². The Balaban J connectivity index is 2.69. The van der Waals surface area contributed by atoms with E-state index in [0.29, 0.717) is 0 Å². The first-order chi connectivity index (χ1) is 5.74. The summed E-state index contributed by atoms with van der Waals surface area (Å²) in [5, 5.41) is -0.267. The molecule has 0 aromatic carbocycles. The lowest BCUT2D eigenvalue weighted by atomic mass is 10.6. The lowest BCUT2D eigenvalue weighted by Gasteiger charge is -2.01. The molecule has 1 aromatic rings. The highest BCUT2D eigenvalue weighted by Crippen LogP contribution is 2.12. The quantitative estimate of drug-likeness (QED) is 0.534. The average Bonchev–Trinajstić information content (AvgIpc) is 2.07. The summed E-state index contributed by atoms with van der Waals surface area (Å²) in [6, 6.07) is -0.0109. The second-order valence-corrected chi connectivity index (χ2v) is 2.20. The van der Waals surface area contributed by atoms with Crippen LogP contribution >= 0.6 is 11.6 Å². The van der Waals surface area contributed by atoms with Gasteiger partial charge in [-0.3, -0.25) is 0 Å². The van der Waals surface area contributed by atoms with Crippen LogP contribution in [0.5, 0.6) is 6.01 Å². The van der Waals surface area contributed by atoms with Gasteiger partial charge in [-0.15, -0.1) is 0 Å². The van der Waals surface area contributed by atoms with Crippen LogP contribution in [0.4, 0.5) is 4.39 Å². The molecule has 0 fully saturated rings. The van der Waals surface area contributed by atoms with Crippen LogP contribution in [-0.2, 0) is 4.74 Å². The molecule has 0 aliphatic heterocycles.